The molecule has 7 heteroatoms. The second-order valence-corrected chi connectivity index (χ2v) is 6.33. The summed E-state index contributed by atoms with van der Waals surface area (Å²) in [4.78, 5) is 27.5. The number of non-ortho nitro benzene ring substituents is 1. The Labute approximate surface area is 159 Å². The van der Waals surface area contributed by atoms with Crippen LogP contribution in [0.15, 0.2) is 71.7 Å². The van der Waals surface area contributed by atoms with E-state index in [1.807, 2.05) is 6.07 Å². The standard InChI is InChI=1S/C21H14FN3O3/c22-16-7-4-13(5-8-16)14-6-9-18-20(11-14)24-21(26)12-19(23-18)15-2-1-3-17(10-15)25(27)28/h1-11H,12H2,(H,24,26). The van der Waals surface area contributed by atoms with Crippen molar-refractivity contribution in [3.63, 3.8) is 0 Å². The summed E-state index contributed by atoms with van der Waals surface area (Å²) in [5, 5.41) is 13.8. The summed E-state index contributed by atoms with van der Waals surface area (Å²) in [5.74, 6) is -0.585. The molecule has 3 aromatic rings. The van der Waals surface area contributed by atoms with E-state index in [1.54, 1.807) is 36.4 Å². The fraction of sp³-hybridized carbons (Fsp3) is 0.0476. The van der Waals surface area contributed by atoms with Crippen LogP contribution in [-0.4, -0.2) is 16.5 Å². The molecule has 0 unspecified atom stereocenters. The number of carbonyl (C=O) groups is 1. The van der Waals surface area contributed by atoms with Gasteiger partial charge in [0.15, 0.2) is 0 Å². The molecule has 0 spiro atoms. The van der Waals surface area contributed by atoms with Crippen molar-refractivity contribution in [2.24, 2.45) is 4.99 Å². The highest BCUT2D eigenvalue weighted by atomic mass is 19.1. The minimum Gasteiger partial charge on any atom is -0.324 e. The summed E-state index contributed by atoms with van der Waals surface area (Å²) < 4.78 is 13.1. The third-order valence-electron chi connectivity index (χ3n) is 4.42. The maximum absolute atomic E-state index is 13.1. The predicted octanol–water partition coefficient (Wildman–Crippen LogP) is 4.86. The van der Waals surface area contributed by atoms with Gasteiger partial charge in [0, 0.05) is 17.7 Å². The lowest BCUT2D eigenvalue weighted by Crippen LogP contribution is -2.15. The number of carbonyl (C=O) groups excluding carboxylic acids is 1. The average molecular weight is 375 g/mol. The Morgan fingerprint density at radius 2 is 1.71 bits per heavy atom. The van der Waals surface area contributed by atoms with Crippen LogP contribution in [0.4, 0.5) is 21.5 Å². The normalized spacial score (nSPS) is 13.2. The van der Waals surface area contributed by atoms with E-state index in [4.69, 9.17) is 0 Å². The number of amides is 1. The van der Waals surface area contributed by atoms with Crippen molar-refractivity contribution >= 4 is 28.7 Å². The SMILES string of the molecule is O=C1CC(c2cccc([N+](=O)[O-])c2)=Nc2ccc(-c3ccc(F)cc3)cc2N1. The summed E-state index contributed by atoms with van der Waals surface area (Å²) >= 11 is 0. The molecule has 4 rings (SSSR count). The highest BCUT2D eigenvalue weighted by molar-refractivity contribution is 6.17. The van der Waals surface area contributed by atoms with Gasteiger partial charge in [-0.25, -0.2) is 4.39 Å². The van der Waals surface area contributed by atoms with Crippen LogP contribution in [0.25, 0.3) is 11.1 Å². The fourth-order valence-electron chi connectivity index (χ4n) is 3.05. The first-order chi connectivity index (χ1) is 13.5. The second-order valence-electron chi connectivity index (χ2n) is 6.33. The molecule has 0 fully saturated rings. The monoisotopic (exact) mass is 375 g/mol. The Balaban J connectivity index is 1.76. The Bertz CT molecular complexity index is 1120. The van der Waals surface area contributed by atoms with Crippen LogP contribution in [0.5, 0.6) is 0 Å². The zero-order valence-electron chi connectivity index (χ0n) is 14.6. The molecule has 6 nitrogen and oxygen atoms in total. The van der Waals surface area contributed by atoms with Gasteiger partial charge >= 0.3 is 0 Å². The van der Waals surface area contributed by atoms with E-state index in [0.717, 1.165) is 11.1 Å². The summed E-state index contributed by atoms with van der Waals surface area (Å²) in [6.45, 7) is 0. The Morgan fingerprint density at radius 1 is 0.964 bits per heavy atom. The smallest absolute Gasteiger partial charge is 0.270 e. The van der Waals surface area contributed by atoms with Crippen molar-refractivity contribution in [1.29, 1.82) is 0 Å². The van der Waals surface area contributed by atoms with Crippen molar-refractivity contribution in [3.05, 3.63) is 88.2 Å². The summed E-state index contributed by atoms with van der Waals surface area (Å²) in [6.07, 6.45) is 0.00172. The third kappa shape index (κ3) is 3.50. The number of rotatable bonds is 3. The zero-order chi connectivity index (χ0) is 19.7. The molecule has 1 aliphatic heterocycles. The van der Waals surface area contributed by atoms with E-state index in [9.17, 15) is 19.3 Å². The third-order valence-corrected chi connectivity index (χ3v) is 4.42. The molecule has 0 aromatic heterocycles. The van der Waals surface area contributed by atoms with Gasteiger partial charge in [0.1, 0.15) is 5.82 Å². The Kier molecular flexibility index (Phi) is 4.41. The first-order valence-electron chi connectivity index (χ1n) is 8.52. The van der Waals surface area contributed by atoms with Crippen LogP contribution >= 0.6 is 0 Å². The molecular formula is C21H14FN3O3. The number of benzene rings is 3. The lowest BCUT2D eigenvalue weighted by Gasteiger charge is -2.08. The molecule has 0 aliphatic carbocycles. The highest BCUT2D eigenvalue weighted by Gasteiger charge is 2.19. The van der Waals surface area contributed by atoms with E-state index in [2.05, 4.69) is 10.3 Å². The van der Waals surface area contributed by atoms with Crippen LogP contribution in [0.1, 0.15) is 12.0 Å². The molecule has 1 heterocycles. The van der Waals surface area contributed by atoms with Crippen molar-refractivity contribution in [2.75, 3.05) is 5.32 Å². The molecule has 1 N–H and O–H groups in total. The van der Waals surface area contributed by atoms with Gasteiger partial charge < -0.3 is 5.32 Å². The summed E-state index contributed by atoms with van der Waals surface area (Å²) in [5.41, 5.74) is 3.63. The molecular weight excluding hydrogens is 361 g/mol. The number of nitrogens with one attached hydrogen (secondary N) is 1. The molecule has 0 radical (unpaired) electrons. The van der Waals surface area contributed by atoms with Crippen LogP contribution in [0.3, 0.4) is 0 Å². The fourth-order valence-corrected chi connectivity index (χ4v) is 3.05. The van der Waals surface area contributed by atoms with Crippen LogP contribution < -0.4 is 5.32 Å². The molecule has 138 valence electrons. The van der Waals surface area contributed by atoms with Crippen molar-refractivity contribution in [2.45, 2.75) is 6.42 Å². The van der Waals surface area contributed by atoms with E-state index < -0.39 is 4.92 Å². The van der Waals surface area contributed by atoms with Gasteiger partial charge in [0.25, 0.3) is 5.69 Å². The number of nitro groups is 1. The summed E-state index contributed by atoms with van der Waals surface area (Å²) in [6, 6.07) is 17.5. The van der Waals surface area contributed by atoms with Crippen molar-refractivity contribution in [3.8, 4) is 11.1 Å². The quantitative estimate of drug-likeness (QED) is 0.524. The van der Waals surface area contributed by atoms with Gasteiger partial charge in [0.2, 0.25) is 5.91 Å². The number of aliphatic imine (C=N–C) groups is 1. The highest BCUT2D eigenvalue weighted by Crippen LogP contribution is 2.34. The molecule has 0 saturated carbocycles. The van der Waals surface area contributed by atoms with Gasteiger partial charge in [-0.15, -0.1) is 0 Å². The summed E-state index contributed by atoms with van der Waals surface area (Å²) in [7, 11) is 0. The Morgan fingerprint density at radius 3 is 2.46 bits per heavy atom. The number of hydrogen-bond acceptors (Lipinski definition) is 4. The number of hydrogen-bond donors (Lipinski definition) is 1. The average Bonchev–Trinajstić information content (AvgIpc) is 2.86. The molecule has 3 aromatic carbocycles. The van der Waals surface area contributed by atoms with Crippen LogP contribution in [0, 0.1) is 15.9 Å². The van der Waals surface area contributed by atoms with Crippen LogP contribution in [-0.2, 0) is 4.79 Å². The number of anilines is 1. The first-order valence-corrected chi connectivity index (χ1v) is 8.52. The van der Waals surface area contributed by atoms with E-state index in [-0.39, 0.29) is 23.8 Å². The predicted molar refractivity (Wildman–Crippen MR) is 104 cm³/mol. The maximum Gasteiger partial charge on any atom is 0.270 e. The van der Waals surface area contributed by atoms with Gasteiger partial charge in [0.05, 0.1) is 28.4 Å². The van der Waals surface area contributed by atoms with Gasteiger partial charge in [-0.3, -0.25) is 19.9 Å². The lowest BCUT2D eigenvalue weighted by atomic mass is 10.0. The second kappa shape index (κ2) is 7.03. The molecule has 0 saturated heterocycles. The first kappa shape index (κ1) is 17.5. The molecule has 1 amide bonds. The number of halogens is 1. The van der Waals surface area contributed by atoms with Gasteiger partial charge in [-0.2, -0.15) is 0 Å². The lowest BCUT2D eigenvalue weighted by molar-refractivity contribution is -0.384. The number of nitro benzene ring substituents is 1. The van der Waals surface area contributed by atoms with E-state index >= 15 is 0 Å². The Hall–Kier alpha value is -3.87. The van der Waals surface area contributed by atoms with E-state index in [0.29, 0.717) is 22.6 Å². The topological polar surface area (TPSA) is 84.6 Å². The largest absolute Gasteiger partial charge is 0.324 e. The van der Waals surface area contributed by atoms with E-state index in [1.165, 1.54) is 24.3 Å². The van der Waals surface area contributed by atoms with Crippen molar-refractivity contribution < 1.29 is 14.1 Å². The van der Waals surface area contributed by atoms with Crippen molar-refractivity contribution in [1.82, 2.24) is 0 Å². The molecule has 0 bridgehead atoms. The molecule has 28 heavy (non-hydrogen) atoms. The molecule has 0 atom stereocenters. The zero-order valence-corrected chi connectivity index (χ0v) is 14.6. The molecule has 1 aliphatic rings. The number of nitrogens with zero attached hydrogens (tertiary/aromatic N) is 2. The maximum atomic E-state index is 13.1. The minimum atomic E-state index is -0.482. The van der Waals surface area contributed by atoms with Gasteiger partial charge in [-0.1, -0.05) is 30.3 Å². The van der Waals surface area contributed by atoms with Gasteiger partial charge in [-0.05, 0) is 35.4 Å². The number of fused-ring (bicyclic) bond motifs is 1. The van der Waals surface area contributed by atoms with Crippen LogP contribution in [0.2, 0.25) is 0 Å². The minimum absolute atomic E-state index is 0.00172.